The molecule has 0 unspecified atom stereocenters. The van der Waals surface area contributed by atoms with Crippen molar-refractivity contribution in [1.29, 1.82) is 0 Å². The van der Waals surface area contributed by atoms with E-state index in [0.717, 1.165) is 48.9 Å². The van der Waals surface area contributed by atoms with Crippen molar-refractivity contribution in [3.8, 4) is 11.5 Å². The fourth-order valence-electron chi connectivity index (χ4n) is 3.35. The average Bonchev–Trinajstić information content (AvgIpc) is 3.19. The third kappa shape index (κ3) is 5.07. The lowest BCUT2D eigenvalue weighted by molar-refractivity contribution is 0.201. The van der Waals surface area contributed by atoms with Crippen molar-refractivity contribution in [2.75, 3.05) is 30.6 Å². The molecular formula is C21H28N2O2S. The molecule has 0 aliphatic heterocycles. The molecule has 140 valence electrons. The normalized spacial score (nSPS) is 14.4. The van der Waals surface area contributed by atoms with Gasteiger partial charge in [0.05, 0.1) is 13.2 Å². The number of rotatable bonds is 9. The topological polar surface area (TPSA) is 34.6 Å². The number of hydrogen-bond donors (Lipinski definition) is 0. The molecule has 0 atom stereocenters. The summed E-state index contributed by atoms with van der Waals surface area (Å²) in [5.41, 5.74) is 2.37. The maximum atomic E-state index is 6.27. The summed E-state index contributed by atoms with van der Waals surface area (Å²) in [6, 6.07) is 10.4. The van der Waals surface area contributed by atoms with Crippen molar-refractivity contribution in [2.45, 2.75) is 38.3 Å². The Bertz CT molecular complexity index is 675. The van der Waals surface area contributed by atoms with Gasteiger partial charge in [-0.2, -0.15) is 11.8 Å². The van der Waals surface area contributed by atoms with Gasteiger partial charge in [0.25, 0.3) is 0 Å². The summed E-state index contributed by atoms with van der Waals surface area (Å²) in [5.74, 6) is 2.74. The third-order valence-electron chi connectivity index (χ3n) is 4.77. The molecule has 0 saturated heterocycles. The summed E-state index contributed by atoms with van der Waals surface area (Å²) in [5, 5.41) is 0. The molecule has 0 bridgehead atoms. The second-order valence-electron chi connectivity index (χ2n) is 6.64. The fourth-order valence-corrected chi connectivity index (χ4v) is 3.76. The van der Waals surface area contributed by atoms with E-state index >= 15 is 0 Å². The Labute approximate surface area is 160 Å². The first-order valence-corrected chi connectivity index (χ1v) is 10.7. The minimum atomic E-state index is 0.317. The van der Waals surface area contributed by atoms with Gasteiger partial charge in [-0.15, -0.1) is 0 Å². The predicted molar refractivity (Wildman–Crippen MR) is 110 cm³/mol. The summed E-state index contributed by atoms with van der Waals surface area (Å²) in [6.07, 6.45) is 11.0. The summed E-state index contributed by atoms with van der Waals surface area (Å²) >= 11 is 1.86. The summed E-state index contributed by atoms with van der Waals surface area (Å²) < 4.78 is 11.8. The quantitative estimate of drug-likeness (QED) is 0.633. The SMILES string of the molecule is COc1ccc(N(CCSC)Cc2cccnc2)cc1OC1CCCC1. The number of anilines is 1. The van der Waals surface area contributed by atoms with Crippen LogP contribution in [0.3, 0.4) is 0 Å². The first-order chi connectivity index (χ1) is 12.8. The zero-order valence-corrected chi connectivity index (χ0v) is 16.5. The predicted octanol–water partition coefficient (Wildman–Crippen LogP) is 4.78. The molecule has 2 aromatic rings. The number of nitrogens with zero attached hydrogens (tertiary/aromatic N) is 2. The Morgan fingerprint density at radius 1 is 1.19 bits per heavy atom. The van der Waals surface area contributed by atoms with Gasteiger partial charge in [0.2, 0.25) is 0 Å². The van der Waals surface area contributed by atoms with E-state index < -0.39 is 0 Å². The highest BCUT2D eigenvalue weighted by Crippen LogP contribution is 2.35. The van der Waals surface area contributed by atoms with Crippen molar-refractivity contribution in [3.05, 3.63) is 48.3 Å². The van der Waals surface area contributed by atoms with E-state index in [0.29, 0.717) is 6.10 Å². The maximum absolute atomic E-state index is 6.27. The van der Waals surface area contributed by atoms with Crippen LogP contribution in [0.15, 0.2) is 42.7 Å². The molecule has 0 N–H and O–H groups in total. The highest BCUT2D eigenvalue weighted by atomic mass is 32.2. The van der Waals surface area contributed by atoms with Crippen molar-refractivity contribution in [2.24, 2.45) is 0 Å². The smallest absolute Gasteiger partial charge is 0.163 e. The molecule has 1 aromatic heterocycles. The van der Waals surface area contributed by atoms with Gasteiger partial charge in [0.1, 0.15) is 0 Å². The van der Waals surface area contributed by atoms with E-state index in [-0.39, 0.29) is 0 Å². The Morgan fingerprint density at radius 3 is 2.73 bits per heavy atom. The summed E-state index contributed by atoms with van der Waals surface area (Å²) in [4.78, 5) is 6.63. The highest BCUT2D eigenvalue weighted by Gasteiger charge is 2.19. The van der Waals surface area contributed by atoms with Crippen LogP contribution in [0.5, 0.6) is 11.5 Å². The van der Waals surface area contributed by atoms with E-state index in [2.05, 4.69) is 34.3 Å². The lowest BCUT2D eigenvalue weighted by Gasteiger charge is -2.26. The van der Waals surface area contributed by atoms with Crippen molar-refractivity contribution in [1.82, 2.24) is 4.98 Å². The van der Waals surface area contributed by atoms with E-state index in [9.17, 15) is 0 Å². The van der Waals surface area contributed by atoms with Gasteiger partial charge in [0, 0.05) is 43.0 Å². The Morgan fingerprint density at radius 2 is 2.04 bits per heavy atom. The molecule has 1 aliphatic carbocycles. The van der Waals surface area contributed by atoms with Gasteiger partial charge < -0.3 is 14.4 Å². The molecule has 0 spiro atoms. The first-order valence-electron chi connectivity index (χ1n) is 9.27. The van der Waals surface area contributed by atoms with E-state index in [4.69, 9.17) is 9.47 Å². The number of pyridine rings is 1. The van der Waals surface area contributed by atoms with Gasteiger partial charge in [-0.05, 0) is 55.7 Å². The zero-order chi connectivity index (χ0) is 18.2. The van der Waals surface area contributed by atoms with E-state index in [1.807, 2.05) is 36.3 Å². The minimum Gasteiger partial charge on any atom is -0.493 e. The molecule has 5 heteroatoms. The fraction of sp³-hybridized carbons (Fsp3) is 0.476. The molecule has 0 radical (unpaired) electrons. The Kier molecular flexibility index (Phi) is 7.06. The summed E-state index contributed by atoms with van der Waals surface area (Å²) in [7, 11) is 1.71. The molecule has 0 amide bonds. The van der Waals surface area contributed by atoms with Crippen LogP contribution in [0, 0.1) is 0 Å². The number of aromatic nitrogens is 1. The molecule has 1 fully saturated rings. The third-order valence-corrected chi connectivity index (χ3v) is 5.36. The van der Waals surface area contributed by atoms with Crippen LogP contribution < -0.4 is 14.4 Å². The van der Waals surface area contributed by atoms with Crippen molar-refractivity contribution < 1.29 is 9.47 Å². The van der Waals surface area contributed by atoms with Crippen molar-refractivity contribution >= 4 is 17.4 Å². The van der Waals surface area contributed by atoms with Gasteiger partial charge in [0.15, 0.2) is 11.5 Å². The van der Waals surface area contributed by atoms with Gasteiger partial charge in [-0.25, -0.2) is 0 Å². The Balaban J connectivity index is 1.82. The van der Waals surface area contributed by atoms with Gasteiger partial charge in [-0.3, -0.25) is 4.98 Å². The van der Waals surface area contributed by atoms with Crippen LogP contribution in [0.25, 0.3) is 0 Å². The van der Waals surface area contributed by atoms with Crippen LogP contribution in [-0.2, 0) is 6.54 Å². The van der Waals surface area contributed by atoms with E-state index in [1.165, 1.54) is 18.4 Å². The molecule has 26 heavy (non-hydrogen) atoms. The lowest BCUT2D eigenvalue weighted by Crippen LogP contribution is -2.25. The molecule has 4 nitrogen and oxygen atoms in total. The molecule has 1 aliphatic rings. The van der Waals surface area contributed by atoms with Crippen LogP contribution in [-0.4, -0.2) is 36.8 Å². The lowest BCUT2D eigenvalue weighted by atomic mass is 10.2. The second kappa shape index (κ2) is 9.72. The molecule has 1 aromatic carbocycles. The van der Waals surface area contributed by atoms with Crippen molar-refractivity contribution in [3.63, 3.8) is 0 Å². The Hall–Kier alpha value is -1.88. The van der Waals surface area contributed by atoms with E-state index in [1.54, 1.807) is 7.11 Å². The number of ether oxygens (including phenoxy) is 2. The van der Waals surface area contributed by atoms with Crippen LogP contribution in [0.1, 0.15) is 31.2 Å². The molecule has 3 rings (SSSR count). The standard InChI is InChI=1S/C21H28N2O2S/c1-24-20-10-9-18(14-21(20)25-19-7-3-4-8-19)23(12-13-26-2)16-17-6-5-11-22-15-17/h5-6,9-11,14-15,19H,3-4,7-8,12-13,16H2,1-2H3. The number of hydrogen-bond acceptors (Lipinski definition) is 5. The van der Waals surface area contributed by atoms with Crippen LogP contribution >= 0.6 is 11.8 Å². The number of benzene rings is 1. The molecule has 1 heterocycles. The van der Waals surface area contributed by atoms with Crippen LogP contribution in [0.4, 0.5) is 5.69 Å². The minimum absolute atomic E-state index is 0.317. The number of methoxy groups -OCH3 is 1. The van der Waals surface area contributed by atoms with Gasteiger partial charge >= 0.3 is 0 Å². The maximum Gasteiger partial charge on any atom is 0.163 e. The highest BCUT2D eigenvalue weighted by molar-refractivity contribution is 7.98. The van der Waals surface area contributed by atoms with Gasteiger partial charge in [-0.1, -0.05) is 6.07 Å². The second-order valence-corrected chi connectivity index (χ2v) is 7.62. The zero-order valence-electron chi connectivity index (χ0n) is 15.7. The number of thioether (sulfide) groups is 1. The average molecular weight is 373 g/mol. The first kappa shape index (κ1) is 18.9. The van der Waals surface area contributed by atoms with Crippen LogP contribution in [0.2, 0.25) is 0 Å². The largest absolute Gasteiger partial charge is 0.493 e. The molecular weight excluding hydrogens is 344 g/mol. The summed E-state index contributed by atoms with van der Waals surface area (Å²) in [6.45, 7) is 1.81. The monoisotopic (exact) mass is 372 g/mol. The molecule has 1 saturated carbocycles.